The standard InChI is InChI=1S/C24H26F5NO6S2/c1-3-20(38(34,35)18-6-4-5-16(13-18)24(27,28)29)15-9-11-30(12-10-15)22(31)19-8-7-17(36-23(25)26)14-21(19)37(2,32)33/h4-8,13-15,20,23H,3,9-12H2,1-2H3. The van der Waals surface area contributed by atoms with Crippen LogP contribution in [0.5, 0.6) is 5.75 Å². The van der Waals surface area contributed by atoms with Crippen LogP contribution in [0.25, 0.3) is 0 Å². The Morgan fingerprint density at radius 1 is 1.05 bits per heavy atom. The number of piperidine rings is 1. The number of amides is 1. The van der Waals surface area contributed by atoms with Gasteiger partial charge >= 0.3 is 12.8 Å². The van der Waals surface area contributed by atoms with Gasteiger partial charge in [-0.15, -0.1) is 0 Å². The second-order valence-corrected chi connectivity index (χ2v) is 13.1. The van der Waals surface area contributed by atoms with Crippen LogP contribution in [0.2, 0.25) is 0 Å². The Morgan fingerprint density at radius 2 is 1.68 bits per heavy atom. The molecule has 1 unspecified atom stereocenters. The van der Waals surface area contributed by atoms with Crippen molar-refractivity contribution in [2.75, 3.05) is 19.3 Å². The number of nitrogens with zero attached hydrogens (tertiary/aromatic N) is 1. The van der Waals surface area contributed by atoms with Crippen molar-refractivity contribution in [3.63, 3.8) is 0 Å². The zero-order chi connectivity index (χ0) is 28.5. The smallest absolute Gasteiger partial charge is 0.416 e. The lowest BCUT2D eigenvalue weighted by atomic mass is 9.91. The van der Waals surface area contributed by atoms with Crippen molar-refractivity contribution in [2.45, 2.75) is 54.0 Å². The number of hydrogen-bond donors (Lipinski definition) is 0. The molecule has 38 heavy (non-hydrogen) atoms. The van der Waals surface area contributed by atoms with Gasteiger partial charge in [0.25, 0.3) is 5.91 Å². The number of rotatable bonds is 8. The molecule has 1 amide bonds. The Bertz CT molecular complexity index is 1390. The molecule has 1 heterocycles. The molecule has 210 valence electrons. The first kappa shape index (κ1) is 29.8. The van der Waals surface area contributed by atoms with E-state index in [1.165, 1.54) is 4.90 Å². The number of alkyl halides is 5. The largest absolute Gasteiger partial charge is 0.435 e. The molecule has 2 aromatic rings. The van der Waals surface area contributed by atoms with Gasteiger partial charge in [0.05, 0.1) is 26.2 Å². The summed E-state index contributed by atoms with van der Waals surface area (Å²) < 4.78 is 120. The highest BCUT2D eigenvalue weighted by Gasteiger charge is 2.38. The molecule has 0 spiro atoms. The topological polar surface area (TPSA) is 97.8 Å². The van der Waals surface area contributed by atoms with Gasteiger partial charge in [-0.3, -0.25) is 4.79 Å². The van der Waals surface area contributed by atoms with Gasteiger partial charge in [-0.2, -0.15) is 22.0 Å². The van der Waals surface area contributed by atoms with Gasteiger partial charge in [-0.05, 0) is 61.6 Å². The molecule has 2 aromatic carbocycles. The average molecular weight is 584 g/mol. The maximum Gasteiger partial charge on any atom is 0.416 e. The Morgan fingerprint density at radius 3 is 2.21 bits per heavy atom. The van der Waals surface area contributed by atoms with Crippen LogP contribution in [0.1, 0.15) is 42.1 Å². The van der Waals surface area contributed by atoms with Crippen molar-refractivity contribution >= 4 is 25.6 Å². The predicted molar refractivity (Wildman–Crippen MR) is 128 cm³/mol. The number of benzene rings is 2. The van der Waals surface area contributed by atoms with Gasteiger partial charge in [0.1, 0.15) is 5.75 Å². The van der Waals surface area contributed by atoms with Gasteiger partial charge < -0.3 is 9.64 Å². The van der Waals surface area contributed by atoms with E-state index >= 15 is 0 Å². The average Bonchev–Trinajstić information content (AvgIpc) is 2.83. The lowest BCUT2D eigenvalue weighted by molar-refractivity contribution is -0.137. The minimum absolute atomic E-state index is 0.0661. The third-order valence-electron chi connectivity index (χ3n) is 6.45. The Hall–Kier alpha value is -2.74. The molecule has 0 saturated carbocycles. The van der Waals surface area contributed by atoms with Crippen molar-refractivity contribution in [3.05, 3.63) is 53.6 Å². The third-order valence-corrected chi connectivity index (χ3v) is 10.0. The number of ether oxygens (including phenoxy) is 1. The molecule has 0 aliphatic carbocycles. The molecule has 7 nitrogen and oxygen atoms in total. The SMILES string of the molecule is CCC(C1CCN(C(=O)c2ccc(OC(F)F)cc2S(C)(=O)=O)CC1)S(=O)(=O)c1cccc(C(F)(F)F)c1. The van der Waals surface area contributed by atoms with Crippen molar-refractivity contribution in [3.8, 4) is 5.75 Å². The predicted octanol–water partition coefficient (Wildman–Crippen LogP) is 4.82. The van der Waals surface area contributed by atoms with Gasteiger partial charge in [0.2, 0.25) is 0 Å². The van der Waals surface area contributed by atoms with Crippen molar-refractivity contribution in [1.29, 1.82) is 0 Å². The first-order valence-electron chi connectivity index (χ1n) is 11.5. The maximum absolute atomic E-state index is 13.3. The van der Waals surface area contributed by atoms with E-state index in [4.69, 9.17) is 0 Å². The minimum Gasteiger partial charge on any atom is -0.435 e. The summed E-state index contributed by atoms with van der Waals surface area (Å²) in [5, 5.41) is -0.986. The summed E-state index contributed by atoms with van der Waals surface area (Å²) in [6.07, 6.45) is -3.32. The highest BCUT2D eigenvalue weighted by molar-refractivity contribution is 7.92. The summed E-state index contributed by atoms with van der Waals surface area (Å²) in [6.45, 7) is -1.44. The summed E-state index contributed by atoms with van der Waals surface area (Å²) >= 11 is 0. The highest BCUT2D eigenvalue weighted by Crippen LogP contribution is 2.35. The van der Waals surface area contributed by atoms with Crippen molar-refractivity contribution in [1.82, 2.24) is 4.90 Å². The first-order valence-corrected chi connectivity index (χ1v) is 15.0. The van der Waals surface area contributed by atoms with Crippen LogP contribution in [0.4, 0.5) is 22.0 Å². The fraction of sp³-hybridized carbons (Fsp3) is 0.458. The molecule has 3 rings (SSSR count). The van der Waals surface area contributed by atoms with Crippen LogP contribution < -0.4 is 4.74 Å². The minimum atomic E-state index is -4.70. The molecule has 1 aliphatic heterocycles. The Labute approximate surface area is 217 Å². The van der Waals surface area contributed by atoms with Crippen LogP contribution >= 0.6 is 0 Å². The molecule has 0 bridgehead atoms. The van der Waals surface area contributed by atoms with E-state index in [0.717, 1.165) is 42.7 Å². The third kappa shape index (κ3) is 6.63. The molecule has 0 aromatic heterocycles. The quantitative estimate of drug-likeness (QED) is 0.414. The summed E-state index contributed by atoms with van der Waals surface area (Å²) in [5.41, 5.74) is -1.31. The van der Waals surface area contributed by atoms with E-state index in [9.17, 15) is 43.6 Å². The fourth-order valence-corrected chi connectivity index (χ4v) is 7.65. The second-order valence-electron chi connectivity index (χ2n) is 8.96. The number of halogens is 5. The van der Waals surface area contributed by atoms with Gasteiger partial charge in [0.15, 0.2) is 19.7 Å². The molecular weight excluding hydrogens is 557 g/mol. The summed E-state index contributed by atoms with van der Waals surface area (Å²) in [7, 11) is -8.12. The van der Waals surface area contributed by atoms with E-state index in [2.05, 4.69) is 4.74 Å². The fourth-order valence-electron chi connectivity index (χ4n) is 4.64. The normalized spacial score (nSPS) is 16.5. The van der Waals surface area contributed by atoms with Crippen molar-refractivity contribution < 1.29 is 48.3 Å². The van der Waals surface area contributed by atoms with Gasteiger partial charge in [0, 0.05) is 19.3 Å². The maximum atomic E-state index is 13.3. The number of carbonyl (C=O) groups is 1. The zero-order valence-corrected chi connectivity index (χ0v) is 22.0. The molecule has 0 N–H and O–H groups in total. The van der Waals surface area contributed by atoms with Crippen LogP contribution in [0, 0.1) is 5.92 Å². The number of hydrogen-bond acceptors (Lipinski definition) is 6. The summed E-state index contributed by atoms with van der Waals surface area (Å²) in [4.78, 5) is 13.6. The van der Waals surface area contributed by atoms with E-state index in [1.54, 1.807) is 6.92 Å². The lowest BCUT2D eigenvalue weighted by Gasteiger charge is -2.36. The van der Waals surface area contributed by atoms with Crippen LogP contribution in [-0.4, -0.2) is 58.8 Å². The van der Waals surface area contributed by atoms with Crippen LogP contribution in [0.3, 0.4) is 0 Å². The number of likely N-dealkylation sites (tertiary alicyclic amines) is 1. The monoisotopic (exact) mass is 583 g/mol. The van der Waals surface area contributed by atoms with Crippen LogP contribution in [-0.2, 0) is 25.9 Å². The first-order chi connectivity index (χ1) is 17.6. The highest BCUT2D eigenvalue weighted by atomic mass is 32.2. The van der Waals surface area contributed by atoms with E-state index in [0.29, 0.717) is 6.07 Å². The summed E-state index contributed by atoms with van der Waals surface area (Å²) in [6, 6.07) is 6.55. The van der Waals surface area contributed by atoms with E-state index < -0.39 is 70.6 Å². The van der Waals surface area contributed by atoms with Gasteiger partial charge in [-0.1, -0.05) is 13.0 Å². The molecule has 1 saturated heterocycles. The second kappa shape index (κ2) is 11.2. The van der Waals surface area contributed by atoms with E-state index in [-0.39, 0.29) is 37.9 Å². The summed E-state index contributed by atoms with van der Waals surface area (Å²) in [5.74, 6) is -1.57. The Balaban J connectivity index is 1.80. The lowest BCUT2D eigenvalue weighted by Crippen LogP contribution is -2.43. The molecule has 0 radical (unpaired) electrons. The molecule has 1 fully saturated rings. The van der Waals surface area contributed by atoms with E-state index in [1.807, 2.05) is 0 Å². The van der Waals surface area contributed by atoms with Gasteiger partial charge in [-0.25, -0.2) is 16.8 Å². The Kier molecular flexibility index (Phi) is 8.76. The number of sulfone groups is 2. The zero-order valence-electron chi connectivity index (χ0n) is 20.4. The van der Waals surface area contributed by atoms with Crippen LogP contribution in [0.15, 0.2) is 52.3 Å². The molecule has 14 heteroatoms. The molecule has 1 atom stereocenters. The number of carbonyl (C=O) groups excluding carboxylic acids is 1. The van der Waals surface area contributed by atoms with Crippen molar-refractivity contribution in [2.24, 2.45) is 5.92 Å². The molecular formula is C24H26F5NO6S2. The molecule has 1 aliphatic rings.